The Kier molecular flexibility index (Phi) is 3.36. The second kappa shape index (κ2) is 5.15. The summed E-state index contributed by atoms with van der Waals surface area (Å²) in [6, 6.07) is 13.0. The van der Waals surface area contributed by atoms with Crippen LogP contribution in [-0.2, 0) is 13.6 Å². The lowest BCUT2D eigenvalue weighted by Gasteiger charge is -2.10. The molecule has 98 valence electrons. The van der Waals surface area contributed by atoms with E-state index in [9.17, 15) is 0 Å². The second-order valence-electron chi connectivity index (χ2n) is 4.71. The van der Waals surface area contributed by atoms with Gasteiger partial charge in [-0.2, -0.15) is 5.10 Å². The van der Waals surface area contributed by atoms with Crippen molar-refractivity contribution in [2.45, 2.75) is 19.5 Å². The Morgan fingerprint density at radius 1 is 1.26 bits per heavy atom. The number of benzene rings is 1. The van der Waals surface area contributed by atoms with Crippen molar-refractivity contribution in [3.63, 3.8) is 0 Å². The smallest absolute Gasteiger partial charge is 0.0841 e. The molecule has 0 spiro atoms. The van der Waals surface area contributed by atoms with Crippen LogP contribution in [0.3, 0.4) is 0 Å². The van der Waals surface area contributed by atoms with E-state index >= 15 is 0 Å². The average molecular weight is 271 g/mol. The normalized spacial score (nSPS) is 12.9. The molecule has 2 aromatic heterocycles. The zero-order valence-electron chi connectivity index (χ0n) is 11.1. The molecular weight excluding hydrogens is 254 g/mol. The van der Waals surface area contributed by atoms with Gasteiger partial charge in [0, 0.05) is 29.9 Å². The minimum Gasteiger partial charge on any atom is -0.304 e. The van der Waals surface area contributed by atoms with Gasteiger partial charge in [-0.05, 0) is 24.4 Å². The van der Waals surface area contributed by atoms with Crippen LogP contribution < -0.4 is 5.32 Å². The van der Waals surface area contributed by atoms with Gasteiger partial charge in [-0.3, -0.25) is 4.68 Å². The van der Waals surface area contributed by atoms with Gasteiger partial charge in [0.25, 0.3) is 0 Å². The highest BCUT2D eigenvalue weighted by atomic mass is 32.1. The van der Waals surface area contributed by atoms with Gasteiger partial charge < -0.3 is 5.32 Å². The number of para-hydroxylation sites is 1. The van der Waals surface area contributed by atoms with Gasteiger partial charge in [-0.15, -0.1) is 11.3 Å². The minimum absolute atomic E-state index is 0.362. The lowest BCUT2D eigenvalue weighted by molar-refractivity contribution is 0.571. The monoisotopic (exact) mass is 271 g/mol. The number of rotatable bonds is 4. The summed E-state index contributed by atoms with van der Waals surface area (Å²) in [6.07, 6.45) is 0. The third-order valence-corrected chi connectivity index (χ3v) is 4.43. The Hall–Kier alpha value is -1.65. The van der Waals surface area contributed by atoms with Crippen LogP contribution >= 0.6 is 11.3 Å². The standard InChI is InChI=1S/C15H17N3S/c1-11(15-8-5-9-19-15)16-10-13-12-6-3-4-7-14(12)18(2)17-13/h3-9,11,16H,10H2,1-2H3. The van der Waals surface area contributed by atoms with Gasteiger partial charge in [0.15, 0.2) is 0 Å². The minimum atomic E-state index is 0.362. The lowest BCUT2D eigenvalue weighted by atomic mass is 10.2. The SMILES string of the molecule is CC(NCc1nn(C)c2ccccc12)c1cccs1. The molecule has 3 rings (SSSR count). The largest absolute Gasteiger partial charge is 0.304 e. The number of aryl methyl sites for hydroxylation is 1. The van der Waals surface area contributed by atoms with Crippen LogP contribution in [0.5, 0.6) is 0 Å². The van der Waals surface area contributed by atoms with Crippen LogP contribution in [0.25, 0.3) is 10.9 Å². The Labute approximate surface area is 116 Å². The van der Waals surface area contributed by atoms with Crippen molar-refractivity contribution >= 4 is 22.2 Å². The summed E-state index contributed by atoms with van der Waals surface area (Å²) in [5, 5.41) is 11.5. The fraction of sp³-hybridized carbons (Fsp3) is 0.267. The number of aromatic nitrogens is 2. The van der Waals surface area contributed by atoms with Gasteiger partial charge in [0.1, 0.15) is 0 Å². The summed E-state index contributed by atoms with van der Waals surface area (Å²) in [5.74, 6) is 0. The molecule has 4 heteroatoms. The molecule has 0 aliphatic heterocycles. The summed E-state index contributed by atoms with van der Waals surface area (Å²) in [5.41, 5.74) is 2.30. The fourth-order valence-corrected chi connectivity index (χ4v) is 3.07. The lowest BCUT2D eigenvalue weighted by Crippen LogP contribution is -2.17. The van der Waals surface area contributed by atoms with E-state index in [0.717, 1.165) is 12.2 Å². The molecule has 0 amide bonds. The maximum atomic E-state index is 4.60. The summed E-state index contributed by atoms with van der Waals surface area (Å²) in [6.45, 7) is 2.98. The first kappa shape index (κ1) is 12.4. The van der Waals surface area contributed by atoms with Crippen molar-refractivity contribution < 1.29 is 0 Å². The number of hydrogen-bond donors (Lipinski definition) is 1. The summed E-state index contributed by atoms with van der Waals surface area (Å²) in [7, 11) is 1.99. The molecule has 0 bridgehead atoms. The molecule has 1 N–H and O–H groups in total. The molecule has 2 heterocycles. The van der Waals surface area contributed by atoms with Gasteiger partial charge in [0.05, 0.1) is 11.2 Å². The molecule has 19 heavy (non-hydrogen) atoms. The van der Waals surface area contributed by atoms with Gasteiger partial charge in [-0.1, -0.05) is 24.3 Å². The van der Waals surface area contributed by atoms with Crippen LogP contribution in [0.1, 0.15) is 23.5 Å². The third kappa shape index (κ3) is 2.41. The Morgan fingerprint density at radius 3 is 2.89 bits per heavy atom. The first-order valence-corrected chi connectivity index (χ1v) is 7.31. The first-order valence-electron chi connectivity index (χ1n) is 6.43. The molecule has 0 aliphatic carbocycles. The Morgan fingerprint density at radius 2 is 2.11 bits per heavy atom. The molecule has 0 radical (unpaired) electrons. The van der Waals surface area contributed by atoms with E-state index in [-0.39, 0.29) is 0 Å². The van der Waals surface area contributed by atoms with E-state index in [1.807, 2.05) is 11.7 Å². The average Bonchev–Trinajstić information content (AvgIpc) is 3.06. The van der Waals surface area contributed by atoms with Gasteiger partial charge in [-0.25, -0.2) is 0 Å². The van der Waals surface area contributed by atoms with E-state index < -0.39 is 0 Å². The van der Waals surface area contributed by atoms with Gasteiger partial charge in [0.2, 0.25) is 0 Å². The molecule has 1 unspecified atom stereocenters. The maximum Gasteiger partial charge on any atom is 0.0841 e. The van der Waals surface area contributed by atoms with Crippen molar-refractivity contribution in [3.05, 3.63) is 52.3 Å². The Bertz CT molecular complexity index is 670. The predicted molar refractivity (Wildman–Crippen MR) is 80.3 cm³/mol. The first-order chi connectivity index (χ1) is 9.25. The summed E-state index contributed by atoms with van der Waals surface area (Å²) in [4.78, 5) is 1.36. The van der Waals surface area contributed by atoms with Crippen molar-refractivity contribution in [3.8, 4) is 0 Å². The van der Waals surface area contributed by atoms with Crippen LogP contribution in [0.2, 0.25) is 0 Å². The highest BCUT2D eigenvalue weighted by molar-refractivity contribution is 7.10. The molecule has 0 fully saturated rings. The van der Waals surface area contributed by atoms with Crippen LogP contribution in [-0.4, -0.2) is 9.78 Å². The number of fused-ring (bicyclic) bond motifs is 1. The van der Waals surface area contributed by atoms with E-state index in [1.165, 1.54) is 15.8 Å². The summed E-state index contributed by atoms with van der Waals surface area (Å²) >= 11 is 1.79. The van der Waals surface area contributed by atoms with Gasteiger partial charge >= 0.3 is 0 Å². The molecular formula is C15H17N3S. The van der Waals surface area contributed by atoms with Crippen molar-refractivity contribution in [2.24, 2.45) is 7.05 Å². The van der Waals surface area contributed by atoms with E-state index in [1.54, 1.807) is 11.3 Å². The molecule has 0 aliphatic rings. The fourth-order valence-electron chi connectivity index (χ4n) is 2.31. The van der Waals surface area contributed by atoms with Crippen LogP contribution in [0.15, 0.2) is 41.8 Å². The van der Waals surface area contributed by atoms with Crippen molar-refractivity contribution in [1.29, 1.82) is 0 Å². The molecule has 3 aromatic rings. The summed E-state index contributed by atoms with van der Waals surface area (Å²) < 4.78 is 1.95. The van der Waals surface area contributed by atoms with Crippen molar-refractivity contribution in [2.75, 3.05) is 0 Å². The zero-order valence-corrected chi connectivity index (χ0v) is 11.9. The number of hydrogen-bond acceptors (Lipinski definition) is 3. The zero-order chi connectivity index (χ0) is 13.2. The molecule has 0 saturated heterocycles. The quantitative estimate of drug-likeness (QED) is 0.787. The molecule has 1 aromatic carbocycles. The molecule has 3 nitrogen and oxygen atoms in total. The predicted octanol–water partition coefficient (Wildman–Crippen LogP) is 3.49. The molecule has 1 atom stereocenters. The van der Waals surface area contributed by atoms with Crippen LogP contribution in [0.4, 0.5) is 0 Å². The second-order valence-corrected chi connectivity index (χ2v) is 5.68. The number of nitrogens with one attached hydrogen (secondary N) is 1. The van der Waals surface area contributed by atoms with Crippen molar-refractivity contribution in [1.82, 2.24) is 15.1 Å². The highest BCUT2D eigenvalue weighted by Crippen LogP contribution is 2.21. The topological polar surface area (TPSA) is 29.9 Å². The van der Waals surface area contributed by atoms with E-state index in [2.05, 4.69) is 59.1 Å². The number of thiophene rings is 1. The Balaban J connectivity index is 1.79. The van der Waals surface area contributed by atoms with Crippen LogP contribution in [0, 0.1) is 0 Å². The van der Waals surface area contributed by atoms with E-state index in [0.29, 0.717) is 6.04 Å². The highest BCUT2D eigenvalue weighted by Gasteiger charge is 2.10. The third-order valence-electron chi connectivity index (χ3n) is 3.38. The molecule has 0 saturated carbocycles. The maximum absolute atomic E-state index is 4.60. The number of nitrogens with zero attached hydrogens (tertiary/aromatic N) is 2. The van der Waals surface area contributed by atoms with E-state index in [4.69, 9.17) is 0 Å².